The van der Waals surface area contributed by atoms with Crippen LogP contribution in [0.2, 0.25) is 0 Å². The van der Waals surface area contributed by atoms with Crippen molar-refractivity contribution >= 4 is 17.5 Å². The lowest BCUT2D eigenvalue weighted by atomic mass is 10.2. The van der Waals surface area contributed by atoms with Crippen LogP contribution in [0, 0.1) is 0 Å². The predicted molar refractivity (Wildman–Crippen MR) is 119 cm³/mol. The third-order valence-electron chi connectivity index (χ3n) is 5.47. The Morgan fingerprint density at radius 1 is 1.09 bits per heavy atom. The fraction of sp³-hybridized carbons (Fsp3) is 0.348. The first-order chi connectivity index (χ1) is 15.6. The van der Waals surface area contributed by atoms with Crippen molar-refractivity contribution in [3.63, 3.8) is 0 Å². The van der Waals surface area contributed by atoms with E-state index in [1.165, 1.54) is 9.70 Å². The molecule has 32 heavy (non-hydrogen) atoms. The average Bonchev–Trinajstić information content (AvgIpc) is 3.50. The quantitative estimate of drug-likeness (QED) is 0.584. The van der Waals surface area contributed by atoms with E-state index in [2.05, 4.69) is 20.7 Å². The van der Waals surface area contributed by atoms with E-state index in [0.717, 1.165) is 37.0 Å². The number of rotatable bonds is 8. The summed E-state index contributed by atoms with van der Waals surface area (Å²) in [6, 6.07) is 16.6. The van der Waals surface area contributed by atoms with Crippen molar-refractivity contribution < 1.29 is 14.3 Å². The van der Waals surface area contributed by atoms with Crippen molar-refractivity contribution in [1.82, 2.24) is 25.5 Å². The first-order valence-corrected chi connectivity index (χ1v) is 10.7. The summed E-state index contributed by atoms with van der Waals surface area (Å²) < 4.78 is 5.16. The molecule has 0 unspecified atom stereocenters. The molecule has 0 atom stereocenters. The molecule has 1 fully saturated rings. The number of carbonyl (C=O) groups excluding carboxylic acids is 2. The Labute approximate surface area is 186 Å². The van der Waals surface area contributed by atoms with Gasteiger partial charge in [-0.3, -0.25) is 9.59 Å². The predicted octanol–water partition coefficient (Wildman–Crippen LogP) is 2.44. The Bertz CT molecular complexity index is 1050. The lowest BCUT2D eigenvalue weighted by Crippen LogP contribution is -2.44. The molecule has 2 aromatic carbocycles. The van der Waals surface area contributed by atoms with Gasteiger partial charge in [-0.05, 0) is 54.5 Å². The van der Waals surface area contributed by atoms with Crippen molar-refractivity contribution in [2.45, 2.75) is 38.3 Å². The molecule has 0 bridgehead atoms. The average molecular weight is 435 g/mol. The van der Waals surface area contributed by atoms with Gasteiger partial charge >= 0.3 is 0 Å². The molecule has 4 rings (SSSR count). The van der Waals surface area contributed by atoms with Gasteiger partial charge in [-0.2, -0.15) is 4.80 Å². The maximum Gasteiger partial charge on any atom is 0.251 e. The summed E-state index contributed by atoms with van der Waals surface area (Å²) in [5.41, 5.74) is 1.41. The third kappa shape index (κ3) is 5.29. The minimum atomic E-state index is -0.295. The summed E-state index contributed by atoms with van der Waals surface area (Å²) in [4.78, 5) is 28.4. The molecule has 9 heteroatoms. The minimum Gasteiger partial charge on any atom is -0.497 e. The van der Waals surface area contributed by atoms with Crippen LogP contribution >= 0.6 is 0 Å². The molecule has 1 aliphatic rings. The monoisotopic (exact) mass is 434 g/mol. The molecule has 1 aromatic heterocycles. The molecule has 3 aromatic rings. The SMILES string of the molecule is COc1ccc(-c2nnn(CC(=O)N(CC(=O)NC3CCCC3)c3ccccc3)n2)cc1. The number of methoxy groups -OCH3 is 1. The van der Waals surface area contributed by atoms with Crippen molar-refractivity contribution in [2.24, 2.45) is 0 Å². The van der Waals surface area contributed by atoms with E-state index >= 15 is 0 Å². The van der Waals surface area contributed by atoms with E-state index in [1.54, 1.807) is 31.4 Å². The van der Waals surface area contributed by atoms with Gasteiger partial charge < -0.3 is 15.0 Å². The molecule has 1 aliphatic carbocycles. The highest BCUT2D eigenvalue weighted by Crippen LogP contribution is 2.20. The maximum atomic E-state index is 13.1. The van der Waals surface area contributed by atoms with Crippen LogP contribution in [-0.4, -0.2) is 51.7 Å². The Kier molecular flexibility index (Phi) is 6.74. The number of hydrogen-bond donors (Lipinski definition) is 1. The van der Waals surface area contributed by atoms with E-state index in [-0.39, 0.29) is 30.9 Å². The minimum absolute atomic E-state index is 0.0562. The summed E-state index contributed by atoms with van der Waals surface area (Å²) in [6.07, 6.45) is 4.23. The number of carbonyl (C=O) groups is 2. The number of nitrogens with zero attached hydrogens (tertiary/aromatic N) is 5. The van der Waals surface area contributed by atoms with Gasteiger partial charge in [0, 0.05) is 17.3 Å². The Morgan fingerprint density at radius 3 is 2.50 bits per heavy atom. The topological polar surface area (TPSA) is 102 Å². The number of nitrogens with one attached hydrogen (secondary N) is 1. The number of tetrazole rings is 1. The maximum absolute atomic E-state index is 13.1. The van der Waals surface area contributed by atoms with Crippen LogP contribution in [0.5, 0.6) is 5.75 Å². The number of ether oxygens (including phenoxy) is 1. The van der Waals surface area contributed by atoms with Crippen LogP contribution < -0.4 is 15.0 Å². The fourth-order valence-corrected chi connectivity index (χ4v) is 3.79. The third-order valence-corrected chi connectivity index (χ3v) is 5.47. The standard InChI is InChI=1S/C23H26N6O3/c1-32-20-13-11-17(12-14-20)23-25-27-29(26-23)16-22(31)28(19-9-3-2-4-10-19)15-21(30)24-18-7-5-6-8-18/h2-4,9-14,18H,5-8,15-16H2,1H3,(H,24,30). The van der Waals surface area contributed by atoms with Gasteiger partial charge in [-0.25, -0.2) is 0 Å². The molecule has 9 nitrogen and oxygen atoms in total. The van der Waals surface area contributed by atoms with Crippen molar-refractivity contribution in [3.05, 3.63) is 54.6 Å². The molecule has 1 heterocycles. The van der Waals surface area contributed by atoms with Gasteiger partial charge in [-0.1, -0.05) is 31.0 Å². The molecule has 0 spiro atoms. The van der Waals surface area contributed by atoms with Gasteiger partial charge in [0.15, 0.2) is 0 Å². The summed E-state index contributed by atoms with van der Waals surface area (Å²) in [5, 5.41) is 15.4. The van der Waals surface area contributed by atoms with Gasteiger partial charge in [0.2, 0.25) is 11.7 Å². The fourth-order valence-electron chi connectivity index (χ4n) is 3.79. The highest BCUT2D eigenvalue weighted by atomic mass is 16.5. The lowest BCUT2D eigenvalue weighted by Gasteiger charge is -2.23. The van der Waals surface area contributed by atoms with E-state index in [1.807, 2.05) is 30.3 Å². The second-order valence-corrected chi connectivity index (χ2v) is 7.74. The number of amides is 2. The number of benzene rings is 2. The highest BCUT2D eigenvalue weighted by Gasteiger charge is 2.23. The molecular weight excluding hydrogens is 408 g/mol. The Balaban J connectivity index is 1.46. The number of hydrogen-bond acceptors (Lipinski definition) is 6. The normalized spacial score (nSPS) is 13.7. The first kappa shape index (κ1) is 21.5. The van der Waals surface area contributed by atoms with Gasteiger partial charge in [0.25, 0.3) is 5.91 Å². The second kappa shape index (κ2) is 10.0. The van der Waals surface area contributed by atoms with Crippen LogP contribution in [0.4, 0.5) is 5.69 Å². The van der Waals surface area contributed by atoms with E-state index < -0.39 is 0 Å². The zero-order valence-electron chi connectivity index (χ0n) is 18.0. The van der Waals surface area contributed by atoms with Crippen LogP contribution in [-0.2, 0) is 16.1 Å². The van der Waals surface area contributed by atoms with Gasteiger partial charge in [0.1, 0.15) is 18.8 Å². The van der Waals surface area contributed by atoms with Crippen LogP contribution in [0.1, 0.15) is 25.7 Å². The molecule has 1 saturated carbocycles. The molecule has 0 aliphatic heterocycles. The van der Waals surface area contributed by atoms with E-state index in [9.17, 15) is 9.59 Å². The zero-order chi connectivity index (χ0) is 22.3. The molecule has 0 saturated heterocycles. The largest absolute Gasteiger partial charge is 0.497 e. The van der Waals surface area contributed by atoms with Crippen LogP contribution in [0.25, 0.3) is 11.4 Å². The van der Waals surface area contributed by atoms with Gasteiger partial charge in [0.05, 0.1) is 7.11 Å². The summed E-state index contributed by atoms with van der Waals surface area (Å²) >= 11 is 0. The molecule has 2 amide bonds. The van der Waals surface area contributed by atoms with Crippen molar-refractivity contribution in [1.29, 1.82) is 0 Å². The van der Waals surface area contributed by atoms with Crippen LogP contribution in [0.3, 0.4) is 0 Å². The smallest absolute Gasteiger partial charge is 0.251 e. The molecule has 1 N–H and O–H groups in total. The molecular formula is C23H26N6O3. The lowest BCUT2D eigenvalue weighted by molar-refractivity contribution is -0.124. The summed E-state index contributed by atoms with van der Waals surface area (Å²) in [6.45, 7) is -0.186. The van der Waals surface area contributed by atoms with Crippen molar-refractivity contribution in [3.8, 4) is 17.1 Å². The zero-order valence-corrected chi connectivity index (χ0v) is 18.0. The van der Waals surface area contributed by atoms with E-state index in [0.29, 0.717) is 11.5 Å². The summed E-state index contributed by atoms with van der Waals surface area (Å²) in [5.74, 6) is 0.674. The van der Waals surface area contributed by atoms with Crippen LogP contribution in [0.15, 0.2) is 54.6 Å². The first-order valence-electron chi connectivity index (χ1n) is 10.7. The van der Waals surface area contributed by atoms with Gasteiger partial charge in [-0.15, -0.1) is 10.2 Å². The van der Waals surface area contributed by atoms with E-state index in [4.69, 9.17) is 4.74 Å². The molecule has 0 radical (unpaired) electrons. The second-order valence-electron chi connectivity index (χ2n) is 7.74. The van der Waals surface area contributed by atoms with Crippen molar-refractivity contribution in [2.75, 3.05) is 18.6 Å². The number of aromatic nitrogens is 4. The summed E-state index contributed by atoms with van der Waals surface area (Å²) in [7, 11) is 1.60. The number of para-hydroxylation sites is 1. The molecule has 166 valence electrons. The number of anilines is 1. The highest BCUT2D eigenvalue weighted by molar-refractivity contribution is 5.98. The Hall–Kier alpha value is -3.75. The Morgan fingerprint density at radius 2 is 1.81 bits per heavy atom.